The van der Waals surface area contributed by atoms with Crippen LogP contribution < -0.4 is 10.1 Å². The van der Waals surface area contributed by atoms with Crippen LogP contribution in [0.5, 0.6) is 5.75 Å². The van der Waals surface area contributed by atoms with Gasteiger partial charge in [-0.1, -0.05) is 19.3 Å². The number of rotatable bonds is 4. The molecule has 2 N–H and O–H groups in total. The molecule has 1 aromatic rings. The van der Waals surface area contributed by atoms with Gasteiger partial charge >= 0.3 is 5.69 Å². The Bertz CT molecular complexity index is 524. The zero-order valence-electron chi connectivity index (χ0n) is 11.8. The Labute approximate surface area is 122 Å². The van der Waals surface area contributed by atoms with E-state index < -0.39 is 22.5 Å². The fourth-order valence-electron chi connectivity index (χ4n) is 2.62. The van der Waals surface area contributed by atoms with E-state index in [-0.39, 0.29) is 17.5 Å². The molecular formula is C14H19FN2O4. The fraction of sp³-hybridized carbons (Fsp3) is 0.571. The summed E-state index contributed by atoms with van der Waals surface area (Å²) in [6, 6.07) is 1.85. The number of aliphatic hydroxyl groups is 1. The van der Waals surface area contributed by atoms with E-state index in [9.17, 15) is 19.6 Å². The number of ether oxygens (including phenoxy) is 1. The summed E-state index contributed by atoms with van der Waals surface area (Å²) in [6.45, 7) is 0. The van der Waals surface area contributed by atoms with Gasteiger partial charge < -0.3 is 15.2 Å². The summed E-state index contributed by atoms with van der Waals surface area (Å²) in [4.78, 5) is 10.1. The highest BCUT2D eigenvalue weighted by Crippen LogP contribution is 2.33. The predicted octanol–water partition coefficient (Wildman–Crippen LogP) is 2.85. The Kier molecular flexibility index (Phi) is 4.95. The fourth-order valence-corrected chi connectivity index (χ4v) is 2.62. The number of hydrogen-bond acceptors (Lipinski definition) is 5. The number of methoxy groups -OCH3 is 1. The first-order valence-electron chi connectivity index (χ1n) is 6.99. The van der Waals surface area contributed by atoms with Gasteiger partial charge in [-0.3, -0.25) is 10.1 Å². The number of nitro groups is 1. The van der Waals surface area contributed by atoms with Gasteiger partial charge in [-0.15, -0.1) is 0 Å². The van der Waals surface area contributed by atoms with Crippen molar-refractivity contribution in [3.05, 3.63) is 28.1 Å². The molecule has 21 heavy (non-hydrogen) atoms. The second-order valence-corrected chi connectivity index (χ2v) is 5.22. The second-order valence-electron chi connectivity index (χ2n) is 5.22. The third-order valence-electron chi connectivity index (χ3n) is 3.79. The lowest BCUT2D eigenvalue weighted by molar-refractivity contribution is -0.385. The molecule has 0 aromatic heterocycles. The lowest BCUT2D eigenvalue weighted by Gasteiger charge is -2.23. The normalized spacial score (nSPS) is 22.4. The first kappa shape index (κ1) is 15.5. The van der Waals surface area contributed by atoms with E-state index in [1.165, 1.54) is 13.2 Å². The van der Waals surface area contributed by atoms with Gasteiger partial charge in [-0.25, -0.2) is 4.39 Å². The monoisotopic (exact) mass is 298 g/mol. The van der Waals surface area contributed by atoms with Gasteiger partial charge in [0, 0.05) is 6.07 Å². The zero-order chi connectivity index (χ0) is 15.4. The summed E-state index contributed by atoms with van der Waals surface area (Å²) in [5, 5.41) is 23.8. The topological polar surface area (TPSA) is 84.6 Å². The summed E-state index contributed by atoms with van der Waals surface area (Å²) in [6.07, 6.45) is 3.81. The summed E-state index contributed by atoms with van der Waals surface area (Å²) in [7, 11) is 1.30. The maximum atomic E-state index is 14.0. The molecule has 1 aliphatic carbocycles. The molecule has 7 heteroatoms. The second kappa shape index (κ2) is 6.71. The van der Waals surface area contributed by atoms with Crippen molar-refractivity contribution in [2.24, 2.45) is 0 Å². The largest absolute Gasteiger partial charge is 0.490 e. The molecule has 1 saturated carbocycles. The van der Waals surface area contributed by atoms with Gasteiger partial charge in [0.1, 0.15) is 0 Å². The van der Waals surface area contributed by atoms with Crippen molar-refractivity contribution in [2.45, 2.75) is 44.2 Å². The number of halogens is 1. The Morgan fingerprint density at radius 2 is 2.10 bits per heavy atom. The molecule has 2 atom stereocenters. The van der Waals surface area contributed by atoms with E-state index in [0.29, 0.717) is 6.42 Å². The van der Waals surface area contributed by atoms with Crippen molar-refractivity contribution < 1.29 is 19.2 Å². The van der Waals surface area contributed by atoms with Gasteiger partial charge in [-0.2, -0.15) is 0 Å². The lowest BCUT2D eigenvalue weighted by atomic mass is 10.1. The summed E-state index contributed by atoms with van der Waals surface area (Å²) < 4.78 is 18.9. The van der Waals surface area contributed by atoms with Gasteiger partial charge in [0.05, 0.1) is 35.9 Å². The van der Waals surface area contributed by atoms with Gasteiger partial charge in [0.15, 0.2) is 11.6 Å². The van der Waals surface area contributed by atoms with Crippen LogP contribution in [0.15, 0.2) is 12.1 Å². The minimum Gasteiger partial charge on any atom is -0.490 e. The number of aliphatic hydroxyl groups excluding tert-OH is 1. The first-order chi connectivity index (χ1) is 10.0. The van der Waals surface area contributed by atoms with Crippen LogP contribution in [0, 0.1) is 15.9 Å². The van der Waals surface area contributed by atoms with E-state index >= 15 is 0 Å². The molecule has 0 bridgehead atoms. The van der Waals surface area contributed by atoms with Crippen LogP contribution in [0.2, 0.25) is 0 Å². The molecule has 0 spiro atoms. The minimum absolute atomic E-state index is 0.00740. The third-order valence-corrected chi connectivity index (χ3v) is 3.79. The van der Waals surface area contributed by atoms with Crippen LogP contribution in [0.4, 0.5) is 15.8 Å². The van der Waals surface area contributed by atoms with Crippen LogP contribution in [0.25, 0.3) is 0 Å². The average Bonchev–Trinajstić information content (AvgIpc) is 2.65. The standard InChI is InChI=1S/C14H19FN2O4/c1-21-14-8-11(9(15)7-12(14)17(19)20)16-10-5-3-2-4-6-13(10)18/h7-8,10,13,16,18H,2-6H2,1H3. The molecule has 0 heterocycles. The van der Waals surface area contributed by atoms with Crippen LogP contribution in [0.3, 0.4) is 0 Å². The molecule has 6 nitrogen and oxygen atoms in total. The molecule has 0 amide bonds. The molecule has 0 radical (unpaired) electrons. The maximum absolute atomic E-state index is 14.0. The molecule has 2 rings (SSSR count). The van der Waals surface area contributed by atoms with Crippen molar-refractivity contribution in [2.75, 3.05) is 12.4 Å². The number of nitrogens with zero attached hydrogens (tertiary/aromatic N) is 1. The van der Waals surface area contributed by atoms with Crippen molar-refractivity contribution in [3.63, 3.8) is 0 Å². The Morgan fingerprint density at radius 3 is 2.76 bits per heavy atom. The molecule has 2 unspecified atom stereocenters. The minimum atomic E-state index is -0.723. The Morgan fingerprint density at radius 1 is 1.38 bits per heavy atom. The molecule has 1 fully saturated rings. The number of nitro benzene ring substituents is 1. The van der Waals surface area contributed by atoms with Crippen LogP contribution in [0.1, 0.15) is 32.1 Å². The molecular weight excluding hydrogens is 279 g/mol. The quantitative estimate of drug-likeness (QED) is 0.507. The van der Waals surface area contributed by atoms with Gasteiger partial charge in [0.25, 0.3) is 0 Å². The highest BCUT2D eigenvalue weighted by Gasteiger charge is 2.25. The van der Waals surface area contributed by atoms with E-state index in [1.54, 1.807) is 0 Å². The zero-order valence-corrected chi connectivity index (χ0v) is 11.8. The van der Waals surface area contributed by atoms with Crippen LogP contribution in [-0.2, 0) is 0 Å². The van der Waals surface area contributed by atoms with E-state index in [0.717, 1.165) is 31.7 Å². The summed E-state index contributed by atoms with van der Waals surface area (Å²) >= 11 is 0. The maximum Gasteiger partial charge on any atom is 0.313 e. The number of hydrogen-bond donors (Lipinski definition) is 2. The average molecular weight is 298 g/mol. The Hall–Kier alpha value is -1.89. The lowest BCUT2D eigenvalue weighted by Crippen LogP contribution is -2.32. The first-order valence-corrected chi connectivity index (χ1v) is 6.99. The summed E-state index contributed by atoms with van der Waals surface area (Å²) in [5.74, 6) is -0.731. The molecule has 1 aromatic carbocycles. The van der Waals surface area contributed by atoms with Crippen molar-refractivity contribution in [1.29, 1.82) is 0 Å². The SMILES string of the molecule is COc1cc(NC2CCCCCC2O)c(F)cc1[N+](=O)[O-]. The molecule has 116 valence electrons. The van der Waals surface area contributed by atoms with E-state index in [4.69, 9.17) is 4.74 Å². The third kappa shape index (κ3) is 3.60. The van der Waals surface area contributed by atoms with Crippen molar-refractivity contribution in [1.82, 2.24) is 0 Å². The Balaban J connectivity index is 2.25. The smallest absolute Gasteiger partial charge is 0.313 e. The summed E-state index contributed by atoms with van der Waals surface area (Å²) in [5.41, 5.74) is -0.301. The van der Waals surface area contributed by atoms with Crippen molar-refractivity contribution >= 4 is 11.4 Å². The van der Waals surface area contributed by atoms with Gasteiger partial charge in [-0.05, 0) is 12.8 Å². The highest BCUT2D eigenvalue weighted by molar-refractivity contribution is 5.59. The van der Waals surface area contributed by atoms with Crippen molar-refractivity contribution in [3.8, 4) is 5.75 Å². The predicted molar refractivity (Wildman–Crippen MR) is 76.1 cm³/mol. The number of benzene rings is 1. The van der Waals surface area contributed by atoms with E-state index in [2.05, 4.69) is 5.32 Å². The molecule has 0 aliphatic heterocycles. The molecule has 0 saturated heterocycles. The van der Waals surface area contributed by atoms with Crippen LogP contribution >= 0.6 is 0 Å². The number of anilines is 1. The number of nitrogens with one attached hydrogen (secondary N) is 1. The van der Waals surface area contributed by atoms with Gasteiger partial charge in [0.2, 0.25) is 0 Å². The van der Waals surface area contributed by atoms with Crippen LogP contribution in [-0.4, -0.2) is 29.3 Å². The van der Waals surface area contributed by atoms with E-state index in [1.807, 2.05) is 0 Å². The molecule has 1 aliphatic rings. The highest BCUT2D eigenvalue weighted by atomic mass is 19.1.